The number of rotatable bonds is 5. The van der Waals surface area contributed by atoms with Crippen molar-refractivity contribution in [2.24, 2.45) is 37.9 Å². The van der Waals surface area contributed by atoms with Crippen LogP contribution < -0.4 is 26.8 Å². The van der Waals surface area contributed by atoms with Crippen LogP contribution in [0.3, 0.4) is 0 Å². The van der Waals surface area contributed by atoms with Gasteiger partial charge in [-0.15, -0.1) is 15.3 Å². The normalized spacial score (nSPS) is 12.8. The molecule has 0 spiro atoms. The second kappa shape index (κ2) is 31.1. The highest BCUT2D eigenvalue weighted by molar-refractivity contribution is 5.87. The Hall–Kier alpha value is -5.43. The maximum atomic E-state index is 11.7. The van der Waals surface area contributed by atoms with Crippen LogP contribution in [-0.4, -0.2) is 92.4 Å². The third-order valence-electron chi connectivity index (χ3n) is 10.2. The lowest BCUT2D eigenvalue weighted by Crippen LogP contribution is -2.50. The number of alkyl carbamates (subject to hydrolysis) is 1. The first-order chi connectivity index (χ1) is 36.2. The van der Waals surface area contributed by atoms with E-state index in [4.69, 9.17) is 4.74 Å². The van der Waals surface area contributed by atoms with Crippen molar-refractivity contribution in [1.82, 2.24) is 71.8 Å². The third-order valence-corrected chi connectivity index (χ3v) is 10.2. The fourth-order valence-corrected chi connectivity index (χ4v) is 5.24. The van der Waals surface area contributed by atoms with Crippen LogP contribution in [0.2, 0.25) is 0 Å². The first-order valence-corrected chi connectivity index (χ1v) is 29.2. The Morgan fingerprint density at radius 1 is 0.422 bits per heavy atom. The molecule has 0 aromatic carbocycles. The van der Waals surface area contributed by atoms with Crippen molar-refractivity contribution in [1.29, 1.82) is 0 Å². The van der Waals surface area contributed by atoms with Crippen molar-refractivity contribution in [2.75, 3.05) is 6.61 Å². The Bertz CT molecular complexity index is 2330. The van der Waals surface area contributed by atoms with Crippen LogP contribution in [0.5, 0.6) is 0 Å². The largest absolute Gasteiger partial charge is 0.449 e. The van der Waals surface area contributed by atoms with E-state index in [2.05, 4.69) is 162 Å². The number of amides is 5. The van der Waals surface area contributed by atoms with Crippen LogP contribution in [0, 0.1) is 37.9 Å². The van der Waals surface area contributed by atoms with Crippen molar-refractivity contribution in [3.63, 3.8) is 0 Å². The summed E-state index contributed by atoms with van der Waals surface area (Å²) in [4.78, 5) is 57.0. The van der Waals surface area contributed by atoms with Crippen LogP contribution in [0.4, 0.5) is 4.79 Å². The number of nitrogens with zero attached hydrogens (tertiary/aromatic N) is 9. The van der Waals surface area contributed by atoms with E-state index in [1.54, 1.807) is 46.2 Å². The van der Waals surface area contributed by atoms with E-state index in [9.17, 15) is 24.0 Å². The molecule has 0 bridgehead atoms. The van der Waals surface area contributed by atoms with E-state index in [1.807, 2.05) is 132 Å². The zero-order valence-corrected chi connectivity index (χ0v) is 59.5. The number of hydrazine groups is 1. The first-order valence-electron chi connectivity index (χ1n) is 29.2. The topological polar surface area (TPSA) is 247 Å². The Labute approximate surface area is 504 Å². The smallest absolute Gasteiger partial charge is 0.407 e. The van der Waals surface area contributed by atoms with Gasteiger partial charge in [-0.05, 0) is 106 Å². The molecule has 0 aliphatic heterocycles. The summed E-state index contributed by atoms with van der Waals surface area (Å²) < 4.78 is 10.7. The molecule has 3 heterocycles. The molecule has 83 heavy (non-hydrogen) atoms. The van der Waals surface area contributed by atoms with Gasteiger partial charge in [-0.2, -0.15) is 0 Å². The summed E-state index contributed by atoms with van der Waals surface area (Å²) >= 11 is 0. The van der Waals surface area contributed by atoms with Gasteiger partial charge in [-0.3, -0.25) is 34.7 Å². The molecule has 3 aromatic rings. The van der Waals surface area contributed by atoms with Crippen molar-refractivity contribution >= 4 is 29.7 Å². The van der Waals surface area contributed by atoms with Gasteiger partial charge in [0.25, 0.3) is 0 Å². The van der Waals surface area contributed by atoms with E-state index < -0.39 is 10.8 Å². The SMILES string of the molecule is CC(C)(C)C(=O)NCc1cn(C(C)(C)C)nn1.CC(C)(C)C(=O)NNC(=O)C(C)(C)C.CC(C)(C)COC(=O)NC(C)(C)C.CC(C)(C)Cc1cn(C(C)(C)C)nn1.CC(C)(C)Cn1cc(C(C)(C)C)nn1.CC(C)(C)NC(=O)C(C)(C)C. The van der Waals surface area contributed by atoms with E-state index in [1.165, 1.54) is 0 Å². The zero-order chi connectivity index (χ0) is 66.8. The van der Waals surface area contributed by atoms with Crippen molar-refractivity contribution < 1.29 is 28.7 Å². The highest BCUT2D eigenvalue weighted by atomic mass is 16.5. The molecule has 20 nitrogen and oxygen atoms in total. The molecule has 0 aliphatic carbocycles. The molecular weight excluding hydrogens is 1050 g/mol. The van der Waals surface area contributed by atoms with E-state index in [0.29, 0.717) is 13.2 Å². The number of hydrogen-bond acceptors (Lipinski definition) is 12. The predicted octanol–water partition coefficient (Wildman–Crippen LogP) is 12.7. The molecule has 0 saturated carbocycles. The van der Waals surface area contributed by atoms with Crippen molar-refractivity contribution in [3.8, 4) is 0 Å². The Kier molecular flexibility index (Phi) is 30.6. The van der Waals surface area contributed by atoms with E-state index in [-0.39, 0.29) is 84.4 Å². The molecule has 482 valence electrons. The minimum atomic E-state index is -0.495. The quantitative estimate of drug-likeness (QED) is 0.150. The van der Waals surface area contributed by atoms with Gasteiger partial charge in [-0.25, -0.2) is 14.2 Å². The number of ether oxygens (including phenoxy) is 1. The number of carbonyl (C=O) groups excluding carboxylic acids is 5. The lowest BCUT2D eigenvalue weighted by molar-refractivity contribution is -0.136. The first kappa shape index (κ1) is 81.8. The summed E-state index contributed by atoms with van der Waals surface area (Å²) in [5.41, 5.74) is 6.29. The molecule has 3 aromatic heterocycles. The molecule has 0 saturated heterocycles. The zero-order valence-electron chi connectivity index (χ0n) is 59.5. The molecule has 5 amide bonds. The van der Waals surface area contributed by atoms with Crippen molar-refractivity contribution in [3.05, 3.63) is 35.7 Å². The summed E-state index contributed by atoms with van der Waals surface area (Å²) in [6, 6.07) is 0. The lowest BCUT2D eigenvalue weighted by atomic mass is 9.91. The van der Waals surface area contributed by atoms with Crippen LogP contribution in [0.15, 0.2) is 18.6 Å². The number of nitrogens with one attached hydrogen (secondary N) is 5. The van der Waals surface area contributed by atoms with Gasteiger partial charge in [0, 0.05) is 57.1 Å². The molecule has 0 atom stereocenters. The molecule has 5 N–H and O–H groups in total. The minimum absolute atomic E-state index is 0.0165. The second-order valence-electron chi connectivity index (χ2n) is 34.3. The molecule has 3 rings (SSSR count). The summed E-state index contributed by atoms with van der Waals surface area (Å²) in [5.74, 6) is -0.280. The third kappa shape index (κ3) is 42.9. The van der Waals surface area contributed by atoms with Gasteiger partial charge in [0.1, 0.15) is 5.69 Å². The average Bonchev–Trinajstić information content (AvgIpc) is 4.00. The van der Waals surface area contributed by atoms with Gasteiger partial charge in [0.15, 0.2) is 0 Å². The maximum Gasteiger partial charge on any atom is 0.407 e. The Balaban J connectivity index is -0.000000930. The van der Waals surface area contributed by atoms with Crippen LogP contribution in [-0.2, 0) is 59.9 Å². The summed E-state index contributed by atoms with van der Waals surface area (Å²) in [7, 11) is 0. The number of hydrogen-bond donors (Lipinski definition) is 5. The van der Waals surface area contributed by atoms with Gasteiger partial charge in [-0.1, -0.05) is 182 Å². The molecule has 0 unspecified atom stereocenters. The summed E-state index contributed by atoms with van der Waals surface area (Å²) in [6.07, 6.45) is 6.59. The average molecular weight is 1170 g/mol. The second-order valence-corrected chi connectivity index (χ2v) is 34.3. The minimum Gasteiger partial charge on any atom is -0.449 e. The Morgan fingerprint density at radius 2 is 0.795 bits per heavy atom. The highest BCUT2D eigenvalue weighted by Gasteiger charge is 2.28. The van der Waals surface area contributed by atoms with Gasteiger partial charge >= 0.3 is 6.09 Å². The van der Waals surface area contributed by atoms with Crippen LogP contribution in [0.1, 0.15) is 266 Å². The molecule has 20 heteroatoms. The van der Waals surface area contributed by atoms with Crippen molar-refractivity contribution in [2.45, 2.75) is 296 Å². The molecule has 0 fully saturated rings. The monoisotopic (exact) mass is 1170 g/mol. The van der Waals surface area contributed by atoms with Gasteiger partial charge in [0.2, 0.25) is 23.6 Å². The van der Waals surface area contributed by atoms with Gasteiger partial charge in [0.05, 0.1) is 41.8 Å². The lowest BCUT2D eigenvalue weighted by Gasteiger charge is -2.26. The molecule has 0 radical (unpaired) electrons. The highest BCUT2D eigenvalue weighted by Crippen LogP contribution is 2.23. The van der Waals surface area contributed by atoms with E-state index >= 15 is 0 Å². The number of carbonyl (C=O) groups is 5. The molecule has 0 aliphatic rings. The Morgan fingerprint density at radius 3 is 1.07 bits per heavy atom. The predicted molar refractivity (Wildman–Crippen MR) is 339 cm³/mol. The summed E-state index contributed by atoms with van der Waals surface area (Å²) in [6.45, 7) is 73.9. The summed E-state index contributed by atoms with van der Waals surface area (Å²) in [5, 5.41) is 33.2. The molecular formula is C63H124N14O6. The van der Waals surface area contributed by atoms with Gasteiger partial charge < -0.3 is 20.7 Å². The van der Waals surface area contributed by atoms with Crippen LogP contribution >= 0.6 is 0 Å². The fraction of sp³-hybridized carbons (Fsp3) is 0.825. The fourth-order valence-electron chi connectivity index (χ4n) is 5.24. The van der Waals surface area contributed by atoms with Crippen LogP contribution in [0.25, 0.3) is 0 Å². The maximum absolute atomic E-state index is 11.7. The van der Waals surface area contributed by atoms with E-state index in [0.717, 1.165) is 30.0 Å². The number of aromatic nitrogens is 9. The standard InChI is InChI=1S/C12H22N4O.2C11H21N3.C10H20N2O2.C10H21NO2.C9H19NO/c1-11(2,3)10(17)13-7-9-8-16(15-14-9)12(4,5)6;1-10(2,3)8-14-7-9(12-13-14)11(4,5)6;1-10(2,3)7-9-8-14(13-12-9)11(4,5)6;1-9(2,3)7(13)11-12-8(14)10(4,5)6;1-9(2,3)7-13-8(12)11-10(4,5)6;1-8(2,3)7(11)10-9(4,5)6/h8H,7H2,1-6H3,(H,13,17);7H,8H2,1-6H3;8H,7H2,1-6H3;1-6H3,(H,11,13)(H,12,14);7H2,1-6H3,(H,11,12);1-6H3,(H,10,11).